The molecule has 162 valence electrons. The van der Waals surface area contributed by atoms with E-state index in [-0.39, 0.29) is 21.3 Å². The fourth-order valence-electron chi connectivity index (χ4n) is 3.03. The fraction of sp³-hybridized carbons (Fsp3) is 0.0435. The van der Waals surface area contributed by atoms with Gasteiger partial charge in [0.2, 0.25) is 0 Å². The van der Waals surface area contributed by atoms with Crippen molar-refractivity contribution in [2.45, 2.75) is 11.8 Å². The Bertz CT molecular complexity index is 1280. The fourth-order valence-corrected chi connectivity index (χ4v) is 4.76. The highest BCUT2D eigenvalue weighted by atomic mass is 35.5. The summed E-state index contributed by atoms with van der Waals surface area (Å²) < 4.78 is 0. The van der Waals surface area contributed by atoms with Gasteiger partial charge in [0.25, 0.3) is 11.8 Å². The number of anilines is 2. The molecule has 1 heterocycles. The number of hydrogen-bond donors (Lipinski definition) is 1. The van der Waals surface area contributed by atoms with E-state index in [1.807, 2.05) is 13.0 Å². The van der Waals surface area contributed by atoms with E-state index in [2.05, 4.69) is 5.32 Å². The molecule has 3 aromatic rings. The molecule has 0 bridgehead atoms. The van der Waals surface area contributed by atoms with Crippen LogP contribution in [0.2, 0.25) is 20.1 Å². The summed E-state index contributed by atoms with van der Waals surface area (Å²) in [5, 5.41) is 4.76. The second-order valence-electron chi connectivity index (χ2n) is 6.89. The molecule has 1 N–H and O–H groups in total. The maximum absolute atomic E-state index is 13.4. The molecular formula is C23H14Cl4N2O2S. The first-order valence-corrected chi connectivity index (χ1v) is 11.6. The maximum atomic E-state index is 13.4. The molecule has 0 aromatic heterocycles. The predicted molar refractivity (Wildman–Crippen MR) is 133 cm³/mol. The maximum Gasteiger partial charge on any atom is 0.283 e. The van der Waals surface area contributed by atoms with E-state index in [4.69, 9.17) is 46.4 Å². The number of benzene rings is 3. The molecule has 0 atom stereocenters. The van der Waals surface area contributed by atoms with Crippen molar-refractivity contribution >= 4 is 81.4 Å². The first kappa shape index (κ1) is 23.0. The molecule has 3 aromatic carbocycles. The minimum atomic E-state index is -0.535. The van der Waals surface area contributed by atoms with E-state index in [9.17, 15) is 9.59 Å². The van der Waals surface area contributed by atoms with Crippen LogP contribution in [0.5, 0.6) is 0 Å². The van der Waals surface area contributed by atoms with Gasteiger partial charge in [0, 0.05) is 25.7 Å². The molecule has 0 unspecified atom stereocenters. The quantitative estimate of drug-likeness (QED) is 0.350. The van der Waals surface area contributed by atoms with Crippen LogP contribution in [0.4, 0.5) is 11.4 Å². The molecule has 4 rings (SSSR count). The van der Waals surface area contributed by atoms with Crippen LogP contribution < -0.4 is 10.2 Å². The molecule has 2 amide bonds. The lowest BCUT2D eigenvalue weighted by Gasteiger charge is -2.17. The number of rotatable bonds is 5. The second-order valence-corrected chi connectivity index (χ2v) is 9.66. The Balaban J connectivity index is 1.77. The molecule has 0 radical (unpaired) electrons. The Morgan fingerprint density at radius 2 is 1.47 bits per heavy atom. The summed E-state index contributed by atoms with van der Waals surface area (Å²) in [5.41, 5.74) is 1.85. The highest BCUT2D eigenvalue weighted by Gasteiger charge is 2.41. The normalized spacial score (nSPS) is 13.8. The van der Waals surface area contributed by atoms with Gasteiger partial charge in [0.15, 0.2) is 0 Å². The summed E-state index contributed by atoms with van der Waals surface area (Å²) in [6.45, 7) is 1.88. The lowest BCUT2D eigenvalue weighted by atomic mass is 10.2. The van der Waals surface area contributed by atoms with Gasteiger partial charge in [0.05, 0.1) is 10.7 Å². The highest BCUT2D eigenvalue weighted by molar-refractivity contribution is 8.04. The third-order valence-corrected chi connectivity index (χ3v) is 6.95. The van der Waals surface area contributed by atoms with Crippen LogP contribution in [0.1, 0.15) is 5.56 Å². The van der Waals surface area contributed by atoms with Crippen LogP contribution in [0.15, 0.2) is 76.2 Å². The van der Waals surface area contributed by atoms with Crippen LogP contribution in [0.3, 0.4) is 0 Å². The van der Waals surface area contributed by atoms with Crippen LogP contribution in [-0.4, -0.2) is 11.8 Å². The monoisotopic (exact) mass is 522 g/mol. The molecule has 4 nitrogen and oxygen atoms in total. The van der Waals surface area contributed by atoms with Gasteiger partial charge in [-0.2, -0.15) is 0 Å². The number of nitrogens with one attached hydrogen (secondary N) is 1. The van der Waals surface area contributed by atoms with E-state index >= 15 is 0 Å². The Morgan fingerprint density at radius 3 is 2.12 bits per heavy atom. The molecule has 0 aliphatic carbocycles. The molecule has 1 aliphatic heterocycles. The van der Waals surface area contributed by atoms with E-state index < -0.39 is 11.8 Å². The van der Waals surface area contributed by atoms with Crippen LogP contribution >= 0.6 is 58.2 Å². The number of amides is 2. The molecule has 32 heavy (non-hydrogen) atoms. The molecule has 0 spiro atoms. The number of halogens is 4. The summed E-state index contributed by atoms with van der Waals surface area (Å²) in [6.07, 6.45) is 0. The zero-order valence-corrected chi connectivity index (χ0v) is 20.3. The minimum Gasteiger partial charge on any atom is -0.350 e. The minimum absolute atomic E-state index is 0.126. The van der Waals surface area contributed by atoms with Crippen LogP contribution in [-0.2, 0) is 9.59 Å². The Kier molecular flexibility index (Phi) is 6.75. The second kappa shape index (κ2) is 9.38. The van der Waals surface area contributed by atoms with Crippen molar-refractivity contribution in [1.82, 2.24) is 0 Å². The zero-order valence-electron chi connectivity index (χ0n) is 16.5. The van der Waals surface area contributed by atoms with Gasteiger partial charge in [0.1, 0.15) is 10.6 Å². The average Bonchev–Trinajstić information content (AvgIpc) is 2.97. The average molecular weight is 524 g/mol. The summed E-state index contributed by atoms with van der Waals surface area (Å²) in [7, 11) is 0. The first-order chi connectivity index (χ1) is 15.2. The number of aryl methyl sites for hydroxylation is 1. The zero-order chi connectivity index (χ0) is 23.0. The van der Waals surface area contributed by atoms with Crippen LogP contribution in [0.25, 0.3) is 0 Å². The first-order valence-electron chi connectivity index (χ1n) is 9.29. The Hall–Kier alpha value is -2.15. The van der Waals surface area contributed by atoms with E-state index in [1.165, 1.54) is 12.1 Å². The molecule has 0 fully saturated rings. The van der Waals surface area contributed by atoms with Gasteiger partial charge in [-0.3, -0.25) is 9.59 Å². The van der Waals surface area contributed by atoms with Gasteiger partial charge in [-0.15, -0.1) is 0 Å². The predicted octanol–water partition coefficient (Wildman–Crippen LogP) is 7.60. The Labute approximate surface area is 209 Å². The van der Waals surface area contributed by atoms with Gasteiger partial charge in [-0.25, -0.2) is 4.90 Å². The van der Waals surface area contributed by atoms with E-state index in [0.29, 0.717) is 20.8 Å². The van der Waals surface area contributed by atoms with Crippen molar-refractivity contribution in [3.05, 3.63) is 96.9 Å². The van der Waals surface area contributed by atoms with Crippen molar-refractivity contribution in [3.63, 3.8) is 0 Å². The highest BCUT2D eigenvalue weighted by Crippen LogP contribution is 2.40. The SMILES string of the molecule is Cc1ccc(NC2=C(Sc3ccc(Cl)cc3)C(=O)N(c3ccc(Cl)cc3Cl)C2=O)cc1Cl. The van der Waals surface area contributed by atoms with E-state index in [1.54, 1.807) is 42.5 Å². The lowest BCUT2D eigenvalue weighted by molar-refractivity contribution is -0.120. The summed E-state index contributed by atoms with van der Waals surface area (Å²) in [6, 6.07) is 16.9. The van der Waals surface area contributed by atoms with Crippen LogP contribution in [0, 0.1) is 6.92 Å². The molecule has 0 saturated carbocycles. The number of thioether (sulfide) groups is 1. The van der Waals surface area contributed by atoms with Crippen molar-refractivity contribution in [2.75, 3.05) is 10.2 Å². The van der Waals surface area contributed by atoms with Crippen molar-refractivity contribution in [1.29, 1.82) is 0 Å². The number of hydrogen-bond acceptors (Lipinski definition) is 4. The number of carbonyl (C=O) groups is 2. The van der Waals surface area contributed by atoms with Crippen molar-refractivity contribution < 1.29 is 9.59 Å². The third kappa shape index (κ3) is 4.63. The van der Waals surface area contributed by atoms with Gasteiger partial charge in [-0.1, -0.05) is 64.2 Å². The molecule has 0 saturated heterocycles. The topological polar surface area (TPSA) is 49.4 Å². The summed E-state index contributed by atoms with van der Waals surface area (Å²) >= 11 is 25.7. The van der Waals surface area contributed by atoms with Gasteiger partial charge < -0.3 is 5.32 Å². The summed E-state index contributed by atoms with van der Waals surface area (Å²) in [4.78, 5) is 28.8. The van der Waals surface area contributed by atoms with Gasteiger partial charge in [-0.05, 0) is 67.1 Å². The number of carbonyl (C=O) groups excluding carboxylic acids is 2. The van der Waals surface area contributed by atoms with Crippen molar-refractivity contribution in [3.8, 4) is 0 Å². The number of nitrogens with zero attached hydrogens (tertiary/aromatic N) is 1. The molecule has 9 heteroatoms. The lowest BCUT2D eigenvalue weighted by Crippen LogP contribution is -2.32. The van der Waals surface area contributed by atoms with Gasteiger partial charge >= 0.3 is 0 Å². The summed E-state index contributed by atoms with van der Waals surface area (Å²) in [5.74, 6) is -1.03. The van der Waals surface area contributed by atoms with Crippen molar-refractivity contribution in [2.24, 2.45) is 0 Å². The molecule has 1 aliphatic rings. The Morgan fingerprint density at radius 1 is 0.781 bits per heavy atom. The largest absolute Gasteiger partial charge is 0.350 e. The smallest absolute Gasteiger partial charge is 0.283 e. The molecular weight excluding hydrogens is 510 g/mol. The standard InChI is InChI=1S/C23H14Cl4N2O2S/c1-12-2-6-15(11-17(12)26)28-20-21(32-16-7-3-13(24)4-8-16)23(31)29(22(20)30)19-9-5-14(25)10-18(19)27/h2-11,28H,1H3. The number of imide groups is 1. The van der Waals surface area contributed by atoms with E-state index in [0.717, 1.165) is 27.1 Å². The third-order valence-electron chi connectivity index (χ3n) is 4.67.